The standard InChI is InChI=1S/C24H19F2N3/c1-24(2)28-20-6-4-3-5-19(20)23-27-21(15-7-11-17(25)12-8-15)22(29(23)24)16-9-13-18(26)14-10-16/h3-14,28H,1-2H3. The van der Waals surface area contributed by atoms with Crippen LogP contribution in [-0.4, -0.2) is 9.55 Å². The van der Waals surface area contributed by atoms with E-state index in [4.69, 9.17) is 4.98 Å². The van der Waals surface area contributed by atoms with Crippen LogP contribution in [-0.2, 0) is 5.66 Å². The fourth-order valence-corrected chi connectivity index (χ4v) is 4.00. The Balaban J connectivity index is 1.86. The second-order valence-corrected chi connectivity index (χ2v) is 7.71. The van der Waals surface area contributed by atoms with Crippen LogP contribution in [0.4, 0.5) is 14.5 Å². The van der Waals surface area contributed by atoms with E-state index in [1.54, 1.807) is 24.3 Å². The lowest BCUT2D eigenvalue weighted by Crippen LogP contribution is -2.39. The van der Waals surface area contributed by atoms with Crippen molar-refractivity contribution in [2.45, 2.75) is 19.5 Å². The molecule has 29 heavy (non-hydrogen) atoms. The third-order valence-corrected chi connectivity index (χ3v) is 5.28. The van der Waals surface area contributed by atoms with Gasteiger partial charge in [0.15, 0.2) is 0 Å². The zero-order valence-corrected chi connectivity index (χ0v) is 16.1. The topological polar surface area (TPSA) is 29.9 Å². The lowest BCUT2D eigenvalue weighted by atomic mass is 10.0. The Kier molecular flexibility index (Phi) is 3.81. The Morgan fingerprint density at radius 1 is 0.793 bits per heavy atom. The molecule has 5 heteroatoms. The summed E-state index contributed by atoms with van der Waals surface area (Å²) < 4.78 is 29.3. The van der Waals surface area contributed by atoms with Gasteiger partial charge in [-0.25, -0.2) is 13.8 Å². The van der Waals surface area contributed by atoms with E-state index in [1.807, 2.05) is 24.3 Å². The fourth-order valence-electron chi connectivity index (χ4n) is 4.00. The first-order valence-electron chi connectivity index (χ1n) is 9.47. The van der Waals surface area contributed by atoms with Crippen LogP contribution in [0.3, 0.4) is 0 Å². The number of halogens is 2. The first kappa shape index (κ1) is 17.6. The van der Waals surface area contributed by atoms with Gasteiger partial charge in [-0.1, -0.05) is 12.1 Å². The number of imidazole rings is 1. The van der Waals surface area contributed by atoms with Crippen molar-refractivity contribution in [2.75, 3.05) is 5.32 Å². The molecule has 3 nitrogen and oxygen atoms in total. The van der Waals surface area contributed by atoms with Crippen molar-refractivity contribution in [1.29, 1.82) is 0 Å². The van der Waals surface area contributed by atoms with Gasteiger partial charge in [-0.2, -0.15) is 0 Å². The van der Waals surface area contributed by atoms with Crippen molar-refractivity contribution in [1.82, 2.24) is 9.55 Å². The molecule has 0 radical (unpaired) electrons. The second kappa shape index (κ2) is 6.27. The van der Waals surface area contributed by atoms with Crippen LogP contribution in [0.25, 0.3) is 33.9 Å². The summed E-state index contributed by atoms with van der Waals surface area (Å²) in [6, 6.07) is 20.7. The molecule has 0 atom stereocenters. The maximum atomic E-state index is 13.6. The smallest absolute Gasteiger partial charge is 0.145 e. The van der Waals surface area contributed by atoms with Crippen molar-refractivity contribution in [2.24, 2.45) is 0 Å². The lowest BCUT2D eigenvalue weighted by molar-refractivity contribution is 0.415. The summed E-state index contributed by atoms with van der Waals surface area (Å²) in [5.74, 6) is 0.231. The van der Waals surface area contributed by atoms with Gasteiger partial charge in [-0.15, -0.1) is 0 Å². The zero-order valence-electron chi connectivity index (χ0n) is 16.1. The molecule has 0 saturated carbocycles. The number of para-hydroxylation sites is 1. The predicted molar refractivity (Wildman–Crippen MR) is 111 cm³/mol. The summed E-state index contributed by atoms with van der Waals surface area (Å²) in [4.78, 5) is 4.99. The Hall–Kier alpha value is -3.47. The molecule has 0 saturated heterocycles. The van der Waals surface area contributed by atoms with Crippen LogP contribution >= 0.6 is 0 Å². The van der Waals surface area contributed by atoms with Crippen molar-refractivity contribution < 1.29 is 8.78 Å². The van der Waals surface area contributed by atoms with E-state index in [0.29, 0.717) is 0 Å². The van der Waals surface area contributed by atoms with Crippen molar-refractivity contribution in [3.8, 4) is 33.9 Å². The molecule has 0 aliphatic carbocycles. The quantitative estimate of drug-likeness (QED) is 0.439. The van der Waals surface area contributed by atoms with Gasteiger partial charge in [0, 0.05) is 22.4 Å². The summed E-state index contributed by atoms with van der Waals surface area (Å²) in [6.45, 7) is 4.16. The molecule has 0 amide bonds. The maximum absolute atomic E-state index is 13.6. The molecule has 0 bridgehead atoms. The SMILES string of the molecule is CC1(C)Nc2ccccc2-c2nc(-c3ccc(F)cc3)c(-c3ccc(F)cc3)n21. The highest BCUT2D eigenvalue weighted by Gasteiger charge is 2.35. The lowest BCUT2D eigenvalue weighted by Gasteiger charge is -2.37. The molecule has 0 unspecified atom stereocenters. The van der Waals surface area contributed by atoms with E-state index < -0.39 is 5.66 Å². The van der Waals surface area contributed by atoms with Gasteiger partial charge in [0.25, 0.3) is 0 Å². The monoisotopic (exact) mass is 387 g/mol. The van der Waals surface area contributed by atoms with Gasteiger partial charge in [-0.05, 0) is 74.5 Å². The Morgan fingerprint density at radius 2 is 1.38 bits per heavy atom. The van der Waals surface area contributed by atoms with Gasteiger partial charge >= 0.3 is 0 Å². The molecular formula is C24H19F2N3. The summed E-state index contributed by atoms with van der Waals surface area (Å²) in [5.41, 5.74) is 4.77. The van der Waals surface area contributed by atoms with Crippen LogP contribution in [0, 0.1) is 11.6 Å². The zero-order chi connectivity index (χ0) is 20.2. The third kappa shape index (κ3) is 2.81. The number of nitrogens with zero attached hydrogens (tertiary/aromatic N) is 2. The van der Waals surface area contributed by atoms with Crippen molar-refractivity contribution in [3.63, 3.8) is 0 Å². The number of nitrogens with one attached hydrogen (secondary N) is 1. The van der Waals surface area contributed by atoms with Crippen LogP contribution in [0.2, 0.25) is 0 Å². The summed E-state index contributed by atoms with van der Waals surface area (Å²) in [7, 11) is 0. The maximum Gasteiger partial charge on any atom is 0.145 e. The molecule has 2 heterocycles. The van der Waals surface area contributed by atoms with Crippen LogP contribution in [0.5, 0.6) is 0 Å². The number of fused-ring (bicyclic) bond motifs is 3. The van der Waals surface area contributed by atoms with Crippen LogP contribution in [0.1, 0.15) is 13.8 Å². The van der Waals surface area contributed by atoms with Gasteiger partial charge in [0.05, 0.1) is 11.4 Å². The molecule has 0 fully saturated rings. The molecule has 1 aliphatic heterocycles. The van der Waals surface area contributed by atoms with E-state index >= 15 is 0 Å². The Morgan fingerprint density at radius 3 is 2.03 bits per heavy atom. The highest BCUT2D eigenvalue weighted by molar-refractivity contribution is 5.86. The molecule has 5 rings (SSSR count). The highest BCUT2D eigenvalue weighted by atomic mass is 19.1. The summed E-state index contributed by atoms with van der Waals surface area (Å²) >= 11 is 0. The average molecular weight is 387 g/mol. The molecule has 1 N–H and O–H groups in total. The van der Waals surface area contributed by atoms with E-state index in [1.165, 1.54) is 24.3 Å². The number of benzene rings is 3. The minimum absolute atomic E-state index is 0.293. The number of rotatable bonds is 2. The van der Waals surface area contributed by atoms with Crippen LogP contribution in [0.15, 0.2) is 72.8 Å². The molecule has 3 aromatic carbocycles. The van der Waals surface area contributed by atoms with E-state index in [0.717, 1.165) is 39.6 Å². The minimum Gasteiger partial charge on any atom is -0.362 e. The van der Waals surface area contributed by atoms with Crippen molar-refractivity contribution >= 4 is 5.69 Å². The second-order valence-electron chi connectivity index (χ2n) is 7.71. The first-order valence-corrected chi connectivity index (χ1v) is 9.47. The molecular weight excluding hydrogens is 368 g/mol. The third-order valence-electron chi connectivity index (χ3n) is 5.28. The van der Waals surface area contributed by atoms with Gasteiger partial charge in [0.2, 0.25) is 0 Å². The van der Waals surface area contributed by atoms with Crippen molar-refractivity contribution in [3.05, 3.63) is 84.4 Å². The van der Waals surface area contributed by atoms with E-state index in [2.05, 4.69) is 23.7 Å². The molecule has 1 aliphatic rings. The Labute approximate surface area is 167 Å². The molecule has 144 valence electrons. The first-order chi connectivity index (χ1) is 13.9. The summed E-state index contributed by atoms with van der Waals surface area (Å²) in [6.07, 6.45) is 0. The Bertz CT molecular complexity index is 1210. The van der Waals surface area contributed by atoms with E-state index in [-0.39, 0.29) is 11.6 Å². The van der Waals surface area contributed by atoms with Gasteiger partial charge < -0.3 is 9.88 Å². The molecule has 1 aromatic heterocycles. The van der Waals surface area contributed by atoms with E-state index in [9.17, 15) is 8.78 Å². The minimum atomic E-state index is -0.474. The average Bonchev–Trinajstić information content (AvgIpc) is 3.11. The number of aromatic nitrogens is 2. The van der Waals surface area contributed by atoms with Gasteiger partial charge in [-0.3, -0.25) is 0 Å². The van der Waals surface area contributed by atoms with Crippen LogP contribution < -0.4 is 5.32 Å². The molecule has 4 aromatic rings. The fraction of sp³-hybridized carbons (Fsp3) is 0.125. The molecule has 0 spiro atoms. The normalized spacial score (nSPS) is 14.1. The predicted octanol–water partition coefficient (Wildman–Crippen LogP) is 6.28. The number of hydrogen-bond acceptors (Lipinski definition) is 2. The highest BCUT2D eigenvalue weighted by Crippen LogP contribution is 2.45. The number of hydrogen-bond donors (Lipinski definition) is 1. The number of anilines is 1. The van der Waals surface area contributed by atoms with Gasteiger partial charge in [0.1, 0.15) is 23.1 Å². The largest absolute Gasteiger partial charge is 0.362 e. The summed E-state index contributed by atoms with van der Waals surface area (Å²) in [5, 5.41) is 3.58.